The quantitative estimate of drug-likeness (QED) is 0.589. The summed E-state index contributed by atoms with van der Waals surface area (Å²) in [4.78, 5) is 16.7. The van der Waals surface area contributed by atoms with E-state index in [0.29, 0.717) is 48.3 Å². The molecule has 0 spiro atoms. The summed E-state index contributed by atoms with van der Waals surface area (Å²) in [7, 11) is 0. The number of piperazine rings is 1. The maximum atomic E-state index is 14.3. The summed E-state index contributed by atoms with van der Waals surface area (Å²) >= 11 is 12.6. The van der Waals surface area contributed by atoms with Gasteiger partial charge in [-0.05, 0) is 42.8 Å². The van der Waals surface area contributed by atoms with Gasteiger partial charge in [0, 0.05) is 31.2 Å². The normalized spacial score (nSPS) is 13.9. The number of aromatic nitrogens is 2. The second-order valence-corrected chi connectivity index (χ2v) is 8.03. The Morgan fingerprint density at radius 2 is 1.71 bits per heavy atom. The molecule has 1 aliphatic heterocycles. The van der Waals surface area contributed by atoms with Crippen molar-refractivity contribution in [3.8, 4) is 11.8 Å². The fourth-order valence-electron chi connectivity index (χ4n) is 3.56. The van der Waals surface area contributed by atoms with Gasteiger partial charge in [-0.3, -0.25) is 4.79 Å². The van der Waals surface area contributed by atoms with Crippen LogP contribution in [0.5, 0.6) is 0 Å². The number of hydrogen-bond donors (Lipinski definition) is 0. The van der Waals surface area contributed by atoms with E-state index in [1.54, 1.807) is 30.5 Å². The topological polar surface area (TPSA) is 65.2 Å². The van der Waals surface area contributed by atoms with E-state index in [1.165, 1.54) is 10.7 Å². The van der Waals surface area contributed by atoms with Crippen LogP contribution >= 0.6 is 23.2 Å². The predicted molar refractivity (Wildman–Crippen MR) is 120 cm³/mol. The number of aryl methyl sites for hydroxylation is 1. The number of benzene rings is 2. The van der Waals surface area contributed by atoms with Crippen molar-refractivity contribution in [1.29, 1.82) is 5.26 Å². The van der Waals surface area contributed by atoms with Crippen LogP contribution in [-0.4, -0.2) is 36.0 Å². The molecule has 1 saturated heterocycles. The fourth-order valence-corrected chi connectivity index (χ4v) is 3.99. The molecule has 1 fully saturated rings. The van der Waals surface area contributed by atoms with Crippen LogP contribution in [0.3, 0.4) is 0 Å². The Labute approximate surface area is 188 Å². The second kappa shape index (κ2) is 8.58. The molecule has 3 aromatic rings. The molecule has 0 radical (unpaired) electrons. The van der Waals surface area contributed by atoms with Gasteiger partial charge in [-0.15, -0.1) is 0 Å². The third kappa shape index (κ3) is 4.09. The predicted octanol–water partition coefficient (Wildman–Crippen LogP) is 4.19. The van der Waals surface area contributed by atoms with E-state index in [0.717, 1.165) is 5.56 Å². The molecule has 31 heavy (non-hydrogen) atoms. The maximum absolute atomic E-state index is 14.3. The number of rotatable bonds is 3. The average Bonchev–Trinajstić information content (AvgIpc) is 2.78. The van der Waals surface area contributed by atoms with Crippen LogP contribution in [0.25, 0.3) is 5.69 Å². The lowest BCUT2D eigenvalue weighted by atomic mass is 10.1. The SMILES string of the molecule is Cc1ccc(-n2ncc(N3CCN(c4ccc(C#N)cc4F)CC3)c(Cl)c2=O)cc1Cl. The number of hydrogen-bond acceptors (Lipinski definition) is 5. The Hall–Kier alpha value is -3.08. The van der Waals surface area contributed by atoms with Gasteiger partial charge >= 0.3 is 0 Å². The molecule has 1 aliphatic rings. The molecule has 0 saturated carbocycles. The molecule has 0 N–H and O–H groups in total. The van der Waals surface area contributed by atoms with Crippen molar-refractivity contribution in [3.05, 3.63) is 79.9 Å². The zero-order valence-electron chi connectivity index (χ0n) is 16.6. The van der Waals surface area contributed by atoms with E-state index >= 15 is 0 Å². The third-order valence-electron chi connectivity index (χ3n) is 5.34. The first-order valence-corrected chi connectivity index (χ1v) is 10.4. The van der Waals surface area contributed by atoms with E-state index < -0.39 is 11.4 Å². The zero-order valence-corrected chi connectivity index (χ0v) is 18.2. The highest BCUT2D eigenvalue weighted by Gasteiger charge is 2.23. The van der Waals surface area contributed by atoms with Gasteiger partial charge in [0.1, 0.15) is 10.8 Å². The molecule has 0 unspecified atom stereocenters. The highest BCUT2D eigenvalue weighted by molar-refractivity contribution is 6.33. The van der Waals surface area contributed by atoms with Crippen LogP contribution in [0.4, 0.5) is 15.8 Å². The highest BCUT2D eigenvalue weighted by atomic mass is 35.5. The first kappa shape index (κ1) is 21.2. The van der Waals surface area contributed by atoms with Crippen molar-refractivity contribution in [2.75, 3.05) is 36.0 Å². The average molecular weight is 458 g/mol. The molecule has 6 nitrogen and oxygen atoms in total. The van der Waals surface area contributed by atoms with E-state index in [4.69, 9.17) is 28.5 Å². The van der Waals surface area contributed by atoms with Gasteiger partial charge in [0.2, 0.25) is 0 Å². The Bertz CT molecular complexity index is 1250. The van der Waals surface area contributed by atoms with E-state index in [2.05, 4.69) is 5.10 Å². The Morgan fingerprint density at radius 1 is 1.03 bits per heavy atom. The minimum Gasteiger partial charge on any atom is -0.366 e. The lowest BCUT2D eigenvalue weighted by Crippen LogP contribution is -2.47. The first-order chi connectivity index (χ1) is 14.9. The van der Waals surface area contributed by atoms with Crippen molar-refractivity contribution >= 4 is 34.6 Å². The van der Waals surface area contributed by atoms with Gasteiger partial charge < -0.3 is 9.80 Å². The summed E-state index contributed by atoms with van der Waals surface area (Å²) in [5.41, 5.74) is 2.29. The summed E-state index contributed by atoms with van der Waals surface area (Å²) < 4.78 is 15.5. The van der Waals surface area contributed by atoms with E-state index in [1.807, 2.05) is 28.9 Å². The van der Waals surface area contributed by atoms with E-state index in [-0.39, 0.29) is 10.6 Å². The van der Waals surface area contributed by atoms with Crippen molar-refractivity contribution in [3.63, 3.8) is 0 Å². The van der Waals surface area contributed by atoms with Gasteiger partial charge in [-0.2, -0.15) is 15.0 Å². The Balaban J connectivity index is 1.54. The van der Waals surface area contributed by atoms with Crippen molar-refractivity contribution < 1.29 is 4.39 Å². The van der Waals surface area contributed by atoms with Crippen LogP contribution in [0.2, 0.25) is 10.0 Å². The van der Waals surface area contributed by atoms with Crippen molar-refractivity contribution in [1.82, 2.24) is 9.78 Å². The number of anilines is 2. The van der Waals surface area contributed by atoms with Gasteiger partial charge in [0.15, 0.2) is 0 Å². The molecule has 0 aliphatic carbocycles. The molecular weight excluding hydrogens is 440 g/mol. The molecule has 0 amide bonds. The molecule has 2 heterocycles. The summed E-state index contributed by atoms with van der Waals surface area (Å²) in [5, 5.41) is 13.8. The summed E-state index contributed by atoms with van der Waals surface area (Å²) in [5.74, 6) is -0.424. The van der Waals surface area contributed by atoms with Crippen molar-refractivity contribution in [2.45, 2.75) is 6.92 Å². The van der Waals surface area contributed by atoms with Crippen LogP contribution in [0, 0.1) is 24.1 Å². The molecule has 0 atom stereocenters. The van der Waals surface area contributed by atoms with Gasteiger partial charge in [-0.25, -0.2) is 4.39 Å². The summed E-state index contributed by atoms with van der Waals surface area (Å²) in [6.07, 6.45) is 1.56. The summed E-state index contributed by atoms with van der Waals surface area (Å²) in [6.45, 7) is 4.04. The maximum Gasteiger partial charge on any atom is 0.292 e. The molecule has 2 aromatic carbocycles. The molecule has 0 bridgehead atoms. The minimum atomic E-state index is -0.431. The molecule has 1 aromatic heterocycles. The first-order valence-electron chi connectivity index (χ1n) is 9.63. The summed E-state index contributed by atoms with van der Waals surface area (Å²) in [6, 6.07) is 11.6. The Morgan fingerprint density at radius 3 is 2.32 bits per heavy atom. The van der Waals surface area contributed by atoms with Gasteiger partial charge in [-0.1, -0.05) is 29.3 Å². The third-order valence-corrected chi connectivity index (χ3v) is 6.10. The molecule has 158 valence electrons. The fraction of sp³-hybridized carbons (Fsp3) is 0.227. The number of nitriles is 1. The Kier molecular flexibility index (Phi) is 5.86. The second-order valence-electron chi connectivity index (χ2n) is 7.25. The molecule has 9 heteroatoms. The van der Waals surface area contributed by atoms with Gasteiger partial charge in [0.05, 0.1) is 34.9 Å². The lowest BCUT2D eigenvalue weighted by molar-refractivity contribution is 0.596. The number of nitrogens with zero attached hydrogens (tertiary/aromatic N) is 5. The van der Waals surface area contributed by atoms with E-state index in [9.17, 15) is 9.18 Å². The van der Waals surface area contributed by atoms with Crippen LogP contribution in [0.1, 0.15) is 11.1 Å². The largest absolute Gasteiger partial charge is 0.366 e. The van der Waals surface area contributed by atoms with Crippen LogP contribution in [-0.2, 0) is 0 Å². The highest BCUT2D eigenvalue weighted by Crippen LogP contribution is 2.27. The van der Waals surface area contributed by atoms with Gasteiger partial charge in [0.25, 0.3) is 5.56 Å². The molecule has 4 rings (SSSR count). The monoisotopic (exact) mass is 457 g/mol. The lowest BCUT2D eigenvalue weighted by Gasteiger charge is -2.37. The smallest absolute Gasteiger partial charge is 0.292 e. The minimum absolute atomic E-state index is 0.0738. The zero-order chi connectivity index (χ0) is 22.1. The molecular formula is C22H18Cl2FN5O. The number of halogens is 3. The van der Waals surface area contributed by atoms with Crippen LogP contribution in [0.15, 0.2) is 47.4 Å². The van der Waals surface area contributed by atoms with Crippen LogP contribution < -0.4 is 15.4 Å². The van der Waals surface area contributed by atoms with Crippen molar-refractivity contribution in [2.24, 2.45) is 0 Å². The standard InChI is InChI=1S/C22H18Cl2FN5O/c1-14-2-4-16(11-17(14)23)30-22(31)21(24)20(13-27-30)29-8-6-28(7-9-29)19-5-3-15(12-26)10-18(19)25/h2-5,10-11,13H,6-9H2,1H3.